The Morgan fingerprint density at radius 1 is 1.69 bits per heavy atom. The van der Waals surface area contributed by atoms with E-state index in [2.05, 4.69) is 9.72 Å². The Morgan fingerprint density at radius 3 is 2.94 bits per heavy atom. The summed E-state index contributed by atoms with van der Waals surface area (Å²) in [6, 6.07) is 0. The minimum absolute atomic E-state index is 0.0534. The van der Waals surface area contributed by atoms with Crippen LogP contribution in [0.3, 0.4) is 0 Å². The molecule has 7 nitrogen and oxygen atoms in total. The lowest BCUT2D eigenvalue weighted by Gasteiger charge is -2.02. The highest BCUT2D eigenvalue weighted by atomic mass is 16.6. The van der Waals surface area contributed by atoms with Gasteiger partial charge in [0, 0.05) is 13.3 Å². The molecule has 7 heteroatoms. The van der Waals surface area contributed by atoms with Gasteiger partial charge in [-0.3, -0.25) is 4.79 Å². The van der Waals surface area contributed by atoms with Crippen LogP contribution in [-0.2, 0) is 16.1 Å². The predicted octanol–water partition coefficient (Wildman–Crippen LogP) is 1.05. The number of imidazole rings is 1. The molecule has 0 amide bonds. The number of carbonyl (C=O) groups excluding carboxylic acids is 1. The van der Waals surface area contributed by atoms with Gasteiger partial charge in [-0.2, -0.15) is 0 Å². The summed E-state index contributed by atoms with van der Waals surface area (Å²) in [4.78, 5) is 24.9. The summed E-state index contributed by atoms with van der Waals surface area (Å²) >= 11 is 0. The molecule has 0 radical (unpaired) electrons. The number of hydrogen-bond acceptors (Lipinski definition) is 5. The van der Waals surface area contributed by atoms with Crippen molar-refractivity contribution in [2.75, 3.05) is 7.11 Å². The van der Waals surface area contributed by atoms with E-state index in [9.17, 15) is 14.9 Å². The third-order valence-corrected chi connectivity index (χ3v) is 2.21. The van der Waals surface area contributed by atoms with Crippen LogP contribution < -0.4 is 0 Å². The zero-order valence-corrected chi connectivity index (χ0v) is 9.17. The van der Waals surface area contributed by atoms with Crippen LogP contribution in [0.1, 0.15) is 18.7 Å². The minimum atomic E-state index is -0.488. The Labute approximate surface area is 92.2 Å². The van der Waals surface area contributed by atoms with Gasteiger partial charge in [0.2, 0.25) is 0 Å². The van der Waals surface area contributed by atoms with Crippen LogP contribution in [0.4, 0.5) is 5.82 Å². The Bertz CT molecular complexity index is 399. The predicted molar refractivity (Wildman–Crippen MR) is 54.9 cm³/mol. The minimum Gasteiger partial charge on any atom is -0.469 e. The quantitative estimate of drug-likeness (QED) is 0.426. The molecule has 0 fully saturated rings. The fourth-order valence-electron chi connectivity index (χ4n) is 1.36. The highest BCUT2D eigenvalue weighted by molar-refractivity contribution is 5.68. The number of hydrogen-bond donors (Lipinski definition) is 0. The van der Waals surface area contributed by atoms with Crippen molar-refractivity contribution < 1.29 is 14.5 Å². The van der Waals surface area contributed by atoms with Gasteiger partial charge in [-0.05, 0) is 11.3 Å². The molecule has 0 unspecified atom stereocenters. The van der Waals surface area contributed by atoms with E-state index in [-0.39, 0.29) is 18.2 Å². The van der Waals surface area contributed by atoms with Gasteiger partial charge in [0.1, 0.15) is 6.20 Å². The normalized spacial score (nSPS) is 10.1. The number of nitrogens with zero attached hydrogens (tertiary/aromatic N) is 3. The molecule has 0 bridgehead atoms. The SMILES string of the molecule is COC(=O)CCCn1c([N+](=O)[O-])cnc1C. The van der Waals surface area contributed by atoms with Gasteiger partial charge in [0.15, 0.2) is 5.82 Å². The molecule has 0 atom stereocenters. The van der Waals surface area contributed by atoms with Crippen LogP contribution >= 0.6 is 0 Å². The van der Waals surface area contributed by atoms with Gasteiger partial charge >= 0.3 is 11.8 Å². The number of aryl methyl sites for hydroxylation is 1. The Hall–Kier alpha value is -1.92. The second kappa shape index (κ2) is 5.24. The lowest BCUT2D eigenvalue weighted by molar-refractivity contribution is -0.392. The van der Waals surface area contributed by atoms with Crippen LogP contribution in [0.15, 0.2) is 6.20 Å². The van der Waals surface area contributed by atoms with Gasteiger partial charge < -0.3 is 14.9 Å². The summed E-state index contributed by atoms with van der Waals surface area (Å²) in [7, 11) is 1.31. The first-order chi connectivity index (χ1) is 7.56. The Kier molecular flexibility index (Phi) is 3.98. The molecular weight excluding hydrogens is 214 g/mol. The molecule has 0 aliphatic carbocycles. The fourth-order valence-corrected chi connectivity index (χ4v) is 1.36. The molecule has 1 rings (SSSR count). The van der Waals surface area contributed by atoms with E-state index in [1.165, 1.54) is 17.9 Å². The van der Waals surface area contributed by atoms with Gasteiger partial charge in [0.25, 0.3) is 0 Å². The van der Waals surface area contributed by atoms with E-state index >= 15 is 0 Å². The maximum Gasteiger partial charge on any atom is 0.342 e. The summed E-state index contributed by atoms with van der Waals surface area (Å²) < 4.78 is 5.96. The van der Waals surface area contributed by atoms with E-state index in [1.54, 1.807) is 6.92 Å². The third kappa shape index (κ3) is 2.78. The summed E-state index contributed by atoms with van der Waals surface area (Å²) in [5, 5.41) is 10.6. The molecule has 1 heterocycles. The topological polar surface area (TPSA) is 87.3 Å². The molecule has 16 heavy (non-hydrogen) atoms. The lowest BCUT2D eigenvalue weighted by atomic mass is 10.3. The zero-order chi connectivity index (χ0) is 12.1. The summed E-state index contributed by atoms with van der Waals surface area (Å²) in [5.41, 5.74) is 0. The molecule has 0 saturated heterocycles. The summed E-state index contributed by atoms with van der Waals surface area (Å²) in [5.74, 6) is 0.194. The van der Waals surface area contributed by atoms with Gasteiger partial charge in [-0.15, -0.1) is 0 Å². The molecule has 0 aliphatic rings. The summed E-state index contributed by atoms with van der Waals surface area (Å²) in [6.45, 7) is 2.07. The molecule has 1 aromatic rings. The maximum atomic E-state index is 10.9. The van der Waals surface area contributed by atoms with E-state index in [4.69, 9.17) is 0 Å². The number of ether oxygens (including phenoxy) is 1. The van der Waals surface area contributed by atoms with Gasteiger partial charge in [0.05, 0.1) is 13.7 Å². The number of rotatable bonds is 5. The maximum absolute atomic E-state index is 10.9. The van der Waals surface area contributed by atoms with E-state index in [0.29, 0.717) is 18.8 Å². The van der Waals surface area contributed by atoms with Crippen LogP contribution in [0.5, 0.6) is 0 Å². The Morgan fingerprint density at radius 2 is 2.38 bits per heavy atom. The van der Waals surface area contributed by atoms with Gasteiger partial charge in [-0.1, -0.05) is 0 Å². The smallest absolute Gasteiger partial charge is 0.342 e. The van der Waals surface area contributed by atoms with Crippen molar-refractivity contribution in [2.45, 2.75) is 26.3 Å². The number of aromatic nitrogens is 2. The second-order valence-corrected chi connectivity index (χ2v) is 3.25. The number of carbonyl (C=O) groups is 1. The first kappa shape index (κ1) is 12.2. The first-order valence-electron chi connectivity index (χ1n) is 4.79. The van der Waals surface area contributed by atoms with Crippen LogP contribution in [-0.4, -0.2) is 27.6 Å². The second-order valence-electron chi connectivity index (χ2n) is 3.25. The molecule has 0 aromatic carbocycles. The zero-order valence-electron chi connectivity index (χ0n) is 9.17. The van der Waals surface area contributed by atoms with Crippen molar-refractivity contribution in [1.29, 1.82) is 0 Å². The standard InChI is InChI=1S/C9H13N3O4/c1-7-10-6-8(12(14)15)11(7)5-3-4-9(13)16-2/h6H,3-5H2,1-2H3. The van der Waals surface area contributed by atoms with Crippen molar-refractivity contribution in [2.24, 2.45) is 0 Å². The molecule has 0 N–H and O–H groups in total. The summed E-state index contributed by atoms with van der Waals surface area (Å²) in [6.07, 6.45) is 1.95. The average molecular weight is 227 g/mol. The Balaban J connectivity index is 2.62. The van der Waals surface area contributed by atoms with Crippen LogP contribution in [0, 0.1) is 17.0 Å². The fraction of sp³-hybridized carbons (Fsp3) is 0.556. The molecule has 0 spiro atoms. The highest BCUT2D eigenvalue weighted by Crippen LogP contribution is 2.14. The molecule has 0 saturated carbocycles. The largest absolute Gasteiger partial charge is 0.469 e. The monoisotopic (exact) mass is 227 g/mol. The number of esters is 1. The molecule has 0 aliphatic heterocycles. The average Bonchev–Trinajstić information content (AvgIpc) is 2.60. The van der Waals surface area contributed by atoms with Crippen LogP contribution in [0.25, 0.3) is 0 Å². The molecular formula is C9H13N3O4. The number of nitro groups is 1. The van der Waals surface area contributed by atoms with Gasteiger partial charge in [-0.25, -0.2) is 9.55 Å². The highest BCUT2D eigenvalue weighted by Gasteiger charge is 2.17. The van der Waals surface area contributed by atoms with Crippen molar-refractivity contribution in [3.05, 3.63) is 22.1 Å². The first-order valence-corrected chi connectivity index (χ1v) is 4.79. The van der Waals surface area contributed by atoms with Crippen LogP contribution in [0.2, 0.25) is 0 Å². The van der Waals surface area contributed by atoms with E-state index < -0.39 is 4.92 Å². The number of methoxy groups -OCH3 is 1. The van der Waals surface area contributed by atoms with Crippen molar-refractivity contribution in [1.82, 2.24) is 9.55 Å². The van der Waals surface area contributed by atoms with Crippen molar-refractivity contribution in [3.8, 4) is 0 Å². The van der Waals surface area contributed by atoms with Crippen molar-refractivity contribution in [3.63, 3.8) is 0 Å². The van der Waals surface area contributed by atoms with Crippen molar-refractivity contribution >= 4 is 11.8 Å². The molecule has 1 aromatic heterocycles. The van der Waals surface area contributed by atoms with E-state index in [0.717, 1.165) is 0 Å². The third-order valence-electron chi connectivity index (χ3n) is 2.21. The molecule has 88 valence electrons. The lowest BCUT2D eigenvalue weighted by Crippen LogP contribution is -2.07. The van der Waals surface area contributed by atoms with E-state index in [1.807, 2.05) is 0 Å².